The lowest BCUT2D eigenvalue weighted by Gasteiger charge is -2.23. The standard InChI is InChI=1S/C20H36N6O2/c1-14(2)11-16(21-18(27)13-24(5)6)20-23-22-17-7-8-25(9-10-26(17)20)19(28)12-15(3)4/h14-16H,7-13H2,1-6H3,(H,21,27). The van der Waals surface area contributed by atoms with Crippen molar-refractivity contribution in [1.29, 1.82) is 0 Å². The van der Waals surface area contributed by atoms with Gasteiger partial charge in [-0.2, -0.15) is 0 Å². The highest BCUT2D eigenvalue weighted by atomic mass is 16.2. The molecule has 0 saturated carbocycles. The van der Waals surface area contributed by atoms with E-state index in [9.17, 15) is 9.59 Å². The van der Waals surface area contributed by atoms with Crippen molar-refractivity contribution < 1.29 is 9.59 Å². The number of fused-ring (bicyclic) bond motifs is 1. The van der Waals surface area contributed by atoms with Crippen molar-refractivity contribution in [1.82, 2.24) is 29.9 Å². The molecule has 0 saturated heterocycles. The van der Waals surface area contributed by atoms with Crippen LogP contribution in [-0.2, 0) is 22.6 Å². The zero-order chi connectivity index (χ0) is 20.8. The molecule has 0 fully saturated rings. The Labute approximate surface area is 168 Å². The molecule has 1 unspecified atom stereocenters. The first-order valence-electron chi connectivity index (χ1n) is 10.3. The first kappa shape index (κ1) is 22.3. The summed E-state index contributed by atoms with van der Waals surface area (Å²) in [6, 6.07) is -0.174. The summed E-state index contributed by atoms with van der Waals surface area (Å²) >= 11 is 0. The second-order valence-corrected chi connectivity index (χ2v) is 8.84. The smallest absolute Gasteiger partial charge is 0.234 e. The van der Waals surface area contributed by atoms with E-state index in [1.807, 2.05) is 23.9 Å². The summed E-state index contributed by atoms with van der Waals surface area (Å²) in [5, 5.41) is 11.9. The number of nitrogens with one attached hydrogen (secondary N) is 1. The number of hydrogen-bond acceptors (Lipinski definition) is 5. The van der Waals surface area contributed by atoms with Crippen molar-refractivity contribution in [3.05, 3.63) is 11.6 Å². The summed E-state index contributed by atoms with van der Waals surface area (Å²) in [6.07, 6.45) is 2.06. The molecule has 2 rings (SSSR count). The molecule has 1 aromatic rings. The maximum absolute atomic E-state index is 12.5. The van der Waals surface area contributed by atoms with E-state index in [1.165, 1.54) is 0 Å². The molecule has 0 aliphatic carbocycles. The highest BCUT2D eigenvalue weighted by molar-refractivity contribution is 5.78. The summed E-state index contributed by atoms with van der Waals surface area (Å²) in [7, 11) is 3.76. The molecule has 8 nitrogen and oxygen atoms in total. The van der Waals surface area contributed by atoms with Crippen LogP contribution in [0.4, 0.5) is 0 Å². The van der Waals surface area contributed by atoms with Crippen LogP contribution in [0.2, 0.25) is 0 Å². The Bertz CT molecular complexity index is 668. The summed E-state index contributed by atoms with van der Waals surface area (Å²) < 4.78 is 2.10. The molecule has 2 heterocycles. The van der Waals surface area contributed by atoms with E-state index in [-0.39, 0.29) is 17.9 Å². The molecular weight excluding hydrogens is 356 g/mol. The van der Waals surface area contributed by atoms with Gasteiger partial charge in [-0.25, -0.2) is 0 Å². The van der Waals surface area contributed by atoms with Gasteiger partial charge >= 0.3 is 0 Å². The van der Waals surface area contributed by atoms with Crippen LogP contribution in [-0.4, -0.2) is 70.1 Å². The largest absolute Gasteiger partial charge is 0.345 e. The van der Waals surface area contributed by atoms with Crippen molar-refractivity contribution in [2.75, 3.05) is 33.7 Å². The van der Waals surface area contributed by atoms with E-state index in [0.29, 0.717) is 50.9 Å². The number of likely N-dealkylation sites (N-methyl/N-ethyl adjacent to an activating group) is 1. The molecule has 28 heavy (non-hydrogen) atoms. The van der Waals surface area contributed by atoms with Crippen LogP contribution in [0.1, 0.15) is 58.2 Å². The van der Waals surface area contributed by atoms with Gasteiger partial charge in [-0.1, -0.05) is 27.7 Å². The summed E-state index contributed by atoms with van der Waals surface area (Å²) in [5.41, 5.74) is 0. The van der Waals surface area contributed by atoms with Gasteiger partial charge in [-0.05, 0) is 32.4 Å². The fourth-order valence-electron chi connectivity index (χ4n) is 3.56. The number of amides is 2. The van der Waals surface area contributed by atoms with Gasteiger partial charge in [0.25, 0.3) is 0 Å². The molecule has 1 aliphatic rings. The molecular formula is C20H36N6O2. The molecule has 2 amide bonds. The van der Waals surface area contributed by atoms with Crippen LogP contribution < -0.4 is 5.32 Å². The molecule has 0 radical (unpaired) electrons. The molecule has 0 bridgehead atoms. The molecule has 1 aliphatic heterocycles. The fourth-order valence-corrected chi connectivity index (χ4v) is 3.56. The Morgan fingerprint density at radius 1 is 1.07 bits per heavy atom. The Kier molecular flexibility index (Phi) is 7.98. The molecule has 1 aromatic heterocycles. The summed E-state index contributed by atoms with van der Waals surface area (Å²) in [5.74, 6) is 2.64. The molecule has 1 N–H and O–H groups in total. The van der Waals surface area contributed by atoms with Crippen LogP contribution in [0.15, 0.2) is 0 Å². The minimum Gasteiger partial charge on any atom is -0.345 e. The third kappa shape index (κ3) is 6.29. The lowest BCUT2D eigenvalue weighted by molar-refractivity contribution is -0.132. The van der Waals surface area contributed by atoms with Gasteiger partial charge in [0.2, 0.25) is 11.8 Å². The monoisotopic (exact) mass is 392 g/mol. The minimum absolute atomic E-state index is 0.0182. The number of hydrogen-bond donors (Lipinski definition) is 1. The van der Waals surface area contributed by atoms with Crippen LogP contribution in [0.3, 0.4) is 0 Å². The zero-order valence-corrected chi connectivity index (χ0v) is 18.2. The first-order valence-corrected chi connectivity index (χ1v) is 10.3. The Hall–Kier alpha value is -1.96. The van der Waals surface area contributed by atoms with Crippen LogP contribution in [0, 0.1) is 11.8 Å². The third-order valence-electron chi connectivity index (χ3n) is 4.80. The number of nitrogens with zero attached hydrogens (tertiary/aromatic N) is 5. The van der Waals surface area contributed by atoms with Crippen molar-refractivity contribution in [2.45, 2.75) is 59.5 Å². The summed E-state index contributed by atoms with van der Waals surface area (Å²) in [4.78, 5) is 28.6. The maximum Gasteiger partial charge on any atom is 0.234 e. The predicted octanol–water partition coefficient (Wildman–Crippen LogP) is 1.47. The van der Waals surface area contributed by atoms with E-state index >= 15 is 0 Å². The van der Waals surface area contributed by atoms with Gasteiger partial charge in [0.1, 0.15) is 5.82 Å². The Morgan fingerprint density at radius 3 is 2.39 bits per heavy atom. The second-order valence-electron chi connectivity index (χ2n) is 8.84. The normalized spacial score (nSPS) is 15.7. The van der Waals surface area contributed by atoms with Crippen molar-refractivity contribution >= 4 is 11.8 Å². The van der Waals surface area contributed by atoms with Crippen molar-refractivity contribution in [3.8, 4) is 0 Å². The third-order valence-corrected chi connectivity index (χ3v) is 4.80. The maximum atomic E-state index is 12.5. The second kappa shape index (κ2) is 10.0. The fraction of sp³-hybridized carbons (Fsp3) is 0.800. The van der Waals surface area contributed by atoms with Gasteiger partial charge in [0, 0.05) is 32.5 Å². The highest BCUT2D eigenvalue weighted by Gasteiger charge is 2.27. The van der Waals surface area contributed by atoms with E-state index < -0.39 is 0 Å². The van der Waals surface area contributed by atoms with Gasteiger partial charge in [0.15, 0.2) is 5.82 Å². The number of rotatable bonds is 8. The number of aromatic nitrogens is 3. The van der Waals surface area contributed by atoms with Crippen LogP contribution in [0.5, 0.6) is 0 Å². The van der Waals surface area contributed by atoms with Gasteiger partial charge in [0.05, 0.1) is 12.6 Å². The van der Waals surface area contributed by atoms with Crippen LogP contribution >= 0.6 is 0 Å². The Morgan fingerprint density at radius 2 is 1.79 bits per heavy atom. The lowest BCUT2D eigenvalue weighted by atomic mass is 10.0. The molecule has 8 heteroatoms. The van der Waals surface area contributed by atoms with Crippen molar-refractivity contribution in [2.24, 2.45) is 11.8 Å². The molecule has 158 valence electrons. The van der Waals surface area contributed by atoms with Crippen molar-refractivity contribution in [3.63, 3.8) is 0 Å². The highest BCUT2D eigenvalue weighted by Crippen LogP contribution is 2.22. The van der Waals surface area contributed by atoms with Gasteiger partial charge in [-0.3, -0.25) is 9.59 Å². The zero-order valence-electron chi connectivity index (χ0n) is 18.2. The SMILES string of the molecule is CC(C)CC(=O)N1CCc2nnc(C(CC(C)C)NC(=O)CN(C)C)n2CC1. The quantitative estimate of drug-likeness (QED) is 0.724. The molecule has 0 spiro atoms. The van der Waals surface area contributed by atoms with E-state index in [1.54, 1.807) is 0 Å². The van der Waals surface area contributed by atoms with E-state index in [2.05, 4.69) is 47.8 Å². The lowest BCUT2D eigenvalue weighted by Crippen LogP contribution is -2.38. The topological polar surface area (TPSA) is 83.4 Å². The average molecular weight is 393 g/mol. The Balaban J connectivity index is 2.15. The first-order chi connectivity index (χ1) is 13.2. The predicted molar refractivity (Wildman–Crippen MR) is 109 cm³/mol. The van der Waals surface area contributed by atoms with Crippen LogP contribution in [0.25, 0.3) is 0 Å². The number of carbonyl (C=O) groups excluding carboxylic acids is 2. The van der Waals surface area contributed by atoms with E-state index in [0.717, 1.165) is 18.1 Å². The summed E-state index contributed by atoms with van der Waals surface area (Å²) in [6.45, 7) is 10.7. The van der Waals surface area contributed by atoms with E-state index in [4.69, 9.17) is 0 Å². The van der Waals surface area contributed by atoms with Gasteiger partial charge < -0.3 is 19.7 Å². The molecule has 0 aromatic carbocycles. The minimum atomic E-state index is -0.174. The number of carbonyl (C=O) groups is 2. The average Bonchev–Trinajstić information content (AvgIpc) is 2.83. The van der Waals surface area contributed by atoms with Gasteiger partial charge in [-0.15, -0.1) is 10.2 Å². The molecule has 1 atom stereocenters.